The number of hydrogen-bond acceptors (Lipinski definition) is 5. The molecule has 0 spiro atoms. The van der Waals surface area contributed by atoms with E-state index in [1.54, 1.807) is 24.3 Å². The van der Waals surface area contributed by atoms with Gasteiger partial charge in [-0.1, -0.05) is 23.4 Å². The Kier molecular flexibility index (Phi) is 5.73. The number of anilines is 1. The molecule has 4 rings (SSSR count). The zero-order chi connectivity index (χ0) is 21.5. The molecule has 0 N–H and O–H groups in total. The van der Waals surface area contributed by atoms with Crippen molar-refractivity contribution in [2.45, 2.75) is 11.3 Å². The highest BCUT2D eigenvalue weighted by Crippen LogP contribution is 2.41. The lowest BCUT2D eigenvalue weighted by Gasteiger charge is -2.24. The lowest BCUT2D eigenvalue weighted by Crippen LogP contribution is -2.38. The molecule has 0 saturated carbocycles. The third kappa shape index (κ3) is 4.45. The predicted octanol–water partition coefficient (Wildman–Crippen LogP) is 3.30. The van der Waals surface area contributed by atoms with Gasteiger partial charge in [-0.2, -0.15) is 4.99 Å². The molecule has 30 heavy (non-hydrogen) atoms. The number of hydrogen-bond donors (Lipinski definition) is 0. The normalized spacial score (nSPS) is 23.6. The van der Waals surface area contributed by atoms with Crippen LogP contribution >= 0.6 is 23.4 Å². The monoisotopic (exact) mass is 472 g/mol. The molecule has 0 bridgehead atoms. The standard InChI is InChI=1S/C19H15ClF2N2O4S2/c20-11-1-4-13(5-2-11)28-8-18(25)23-19-24(15-6-3-12(21)7-14(15)22)16-9-30(26,27)10-17(16)29-19/h1-7,16-17H,8-10H2/t16-,17-/m0/s1. The first-order valence-corrected chi connectivity index (χ1v) is 11.9. The average Bonchev–Trinajstić information content (AvgIpc) is 3.13. The third-order valence-corrected chi connectivity index (χ3v) is 8.09. The number of amidine groups is 1. The lowest BCUT2D eigenvalue weighted by molar-refractivity contribution is -0.119. The Morgan fingerprint density at radius 2 is 1.93 bits per heavy atom. The summed E-state index contributed by atoms with van der Waals surface area (Å²) < 4.78 is 57.3. The van der Waals surface area contributed by atoms with E-state index in [-0.39, 0.29) is 29.0 Å². The molecule has 2 saturated heterocycles. The van der Waals surface area contributed by atoms with Gasteiger partial charge in [-0.25, -0.2) is 17.2 Å². The van der Waals surface area contributed by atoms with Crippen molar-refractivity contribution < 1.29 is 26.7 Å². The summed E-state index contributed by atoms with van der Waals surface area (Å²) >= 11 is 6.90. The number of carbonyl (C=O) groups is 1. The van der Waals surface area contributed by atoms with Crippen LogP contribution in [0.25, 0.3) is 0 Å². The number of benzene rings is 2. The molecule has 1 amide bonds. The molecule has 0 radical (unpaired) electrons. The van der Waals surface area contributed by atoms with Gasteiger partial charge in [0.2, 0.25) is 0 Å². The molecule has 6 nitrogen and oxygen atoms in total. The quantitative estimate of drug-likeness (QED) is 0.679. The maximum absolute atomic E-state index is 14.4. The third-order valence-electron chi connectivity index (χ3n) is 4.63. The lowest BCUT2D eigenvalue weighted by atomic mass is 10.2. The Morgan fingerprint density at radius 1 is 1.20 bits per heavy atom. The minimum atomic E-state index is -3.30. The van der Waals surface area contributed by atoms with Gasteiger partial charge in [-0.05, 0) is 36.4 Å². The minimum absolute atomic E-state index is 0.0290. The second-order valence-electron chi connectivity index (χ2n) is 6.80. The van der Waals surface area contributed by atoms with Crippen molar-refractivity contribution in [1.29, 1.82) is 0 Å². The van der Waals surface area contributed by atoms with E-state index >= 15 is 0 Å². The van der Waals surface area contributed by atoms with Crippen LogP contribution in [0.15, 0.2) is 47.5 Å². The number of thioether (sulfide) groups is 1. The molecule has 158 valence electrons. The van der Waals surface area contributed by atoms with Crippen LogP contribution in [-0.4, -0.2) is 48.9 Å². The Bertz CT molecular complexity index is 1130. The van der Waals surface area contributed by atoms with Gasteiger partial charge in [0.15, 0.2) is 21.6 Å². The van der Waals surface area contributed by atoms with E-state index in [2.05, 4.69) is 4.99 Å². The number of halogens is 3. The number of fused-ring (bicyclic) bond motifs is 1. The summed E-state index contributed by atoms with van der Waals surface area (Å²) in [4.78, 5) is 17.7. The van der Waals surface area contributed by atoms with Crippen LogP contribution in [0.3, 0.4) is 0 Å². The number of nitrogens with zero attached hydrogens (tertiary/aromatic N) is 2. The Balaban J connectivity index is 1.58. The van der Waals surface area contributed by atoms with Crippen LogP contribution in [0.2, 0.25) is 5.02 Å². The summed E-state index contributed by atoms with van der Waals surface area (Å²) in [5.41, 5.74) is -0.0290. The molecule has 2 aliphatic heterocycles. The van der Waals surface area contributed by atoms with Gasteiger partial charge in [-0.15, -0.1) is 0 Å². The summed E-state index contributed by atoms with van der Waals surface area (Å²) in [7, 11) is -3.30. The van der Waals surface area contributed by atoms with Crippen molar-refractivity contribution in [3.63, 3.8) is 0 Å². The summed E-state index contributed by atoms with van der Waals surface area (Å²) in [5.74, 6) is -2.12. The van der Waals surface area contributed by atoms with Crippen molar-refractivity contribution in [2.75, 3.05) is 23.0 Å². The zero-order valence-electron chi connectivity index (χ0n) is 15.3. The van der Waals surface area contributed by atoms with Crippen molar-refractivity contribution in [3.05, 3.63) is 59.1 Å². The van der Waals surface area contributed by atoms with Gasteiger partial charge in [0.1, 0.15) is 17.4 Å². The fraction of sp³-hybridized carbons (Fsp3) is 0.263. The van der Waals surface area contributed by atoms with Crippen LogP contribution in [0.4, 0.5) is 14.5 Å². The van der Waals surface area contributed by atoms with E-state index in [0.717, 1.165) is 17.8 Å². The maximum Gasteiger partial charge on any atom is 0.285 e. The minimum Gasteiger partial charge on any atom is -0.484 e. The SMILES string of the molecule is O=C(COc1ccc(Cl)cc1)N=C1S[C@H]2CS(=O)(=O)C[C@@H]2N1c1ccc(F)cc1F. The number of sulfone groups is 1. The highest BCUT2D eigenvalue weighted by molar-refractivity contribution is 8.16. The Morgan fingerprint density at radius 3 is 2.63 bits per heavy atom. The van der Waals surface area contributed by atoms with Crippen molar-refractivity contribution in [2.24, 2.45) is 4.99 Å². The van der Waals surface area contributed by atoms with Crippen LogP contribution in [0.5, 0.6) is 5.75 Å². The Labute approximate surface area is 180 Å². The van der Waals surface area contributed by atoms with E-state index in [0.29, 0.717) is 16.8 Å². The van der Waals surface area contributed by atoms with Gasteiger partial charge in [0.05, 0.1) is 23.2 Å². The molecule has 2 aromatic rings. The molecule has 2 fully saturated rings. The first kappa shape index (κ1) is 21.1. The molecule has 2 aliphatic rings. The Hall–Kier alpha value is -2.17. The second-order valence-corrected chi connectivity index (χ2v) is 10.6. The van der Waals surface area contributed by atoms with Crippen LogP contribution in [0, 0.1) is 11.6 Å². The fourth-order valence-electron chi connectivity index (χ4n) is 3.34. The van der Waals surface area contributed by atoms with E-state index in [1.807, 2.05) is 0 Å². The predicted molar refractivity (Wildman–Crippen MR) is 112 cm³/mol. The molecular formula is C19H15ClF2N2O4S2. The summed E-state index contributed by atoms with van der Waals surface area (Å²) in [6.45, 7) is -0.362. The first-order valence-electron chi connectivity index (χ1n) is 8.83. The second kappa shape index (κ2) is 8.16. The van der Waals surface area contributed by atoms with Crippen LogP contribution in [-0.2, 0) is 14.6 Å². The molecule has 2 atom stereocenters. The first-order chi connectivity index (χ1) is 14.2. The van der Waals surface area contributed by atoms with Gasteiger partial charge >= 0.3 is 0 Å². The van der Waals surface area contributed by atoms with Crippen molar-refractivity contribution >= 4 is 50.0 Å². The summed E-state index contributed by atoms with van der Waals surface area (Å²) in [6.07, 6.45) is 0. The molecule has 0 aliphatic carbocycles. The summed E-state index contributed by atoms with van der Waals surface area (Å²) in [6, 6.07) is 8.82. The van der Waals surface area contributed by atoms with Crippen molar-refractivity contribution in [1.82, 2.24) is 0 Å². The highest BCUT2D eigenvalue weighted by atomic mass is 35.5. The van der Waals surface area contributed by atoms with E-state index in [1.165, 1.54) is 11.0 Å². The van der Waals surface area contributed by atoms with Crippen LogP contribution in [0.1, 0.15) is 0 Å². The number of aliphatic imine (C=N–C) groups is 1. The van der Waals surface area contributed by atoms with Crippen LogP contribution < -0.4 is 9.64 Å². The molecule has 0 aromatic heterocycles. The molecule has 0 unspecified atom stereocenters. The van der Waals surface area contributed by atoms with E-state index < -0.39 is 38.7 Å². The number of carbonyl (C=O) groups excluding carboxylic acids is 1. The summed E-state index contributed by atoms with van der Waals surface area (Å²) in [5, 5.41) is 0.285. The fourth-order valence-corrected chi connectivity index (χ4v) is 7.39. The van der Waals surface area contributed by atoms with Crippen molar-refractivity contribution in [3.8, 4) is 5.75 Å². The van der Waals surface area contributed by atoms with Gasteiger partial charge < -0.3 is 9.64 Å². The number of ether oxygens (including phenoxy) is 1. The molecule has 2 aromatic carbocycles. The maximum atomic E-state index is 14.4. The van der Waals surface area contributed by atoms with Gasteiger partial charge in [0.25, 0.3) is 5.91 Å². The van der Waals surface area contributed by atoms with Gasteiger partial charge in [-0.3, -0.25) is 4.79 Å². The van der Waals surface area contributed by atoms with E-state index in [4.69, 9.17) is 16.3 Å². The number of amides is 1. The molecular weight excluding hydrogens is 458 g/mol. The molecule has 11 heteroatoms. The van der Waals surface area contributed by atoms with E-state index in [9.17, 15) is 22.0 Å². The smallest absolute Gasteiger partial charge is 0.285 e. The largest absolute Gasteiger partial charge is 0.484 e. The average molecular weight is 473 g/mol. The zero-order valence-corrected chi connectivity index (χ0v) is 17.7. The number of rotatable bonds is 4. The highest BCUT2D eigenvalue weighted by Gasteiger charge is 2.50. The van der Waals surface area contributed by atoms with Gasteiger partial charge in [0, 0.05) is 16.3 Å². The topological polar surface area (TPSA) is 76.0 Å². The molecule has 2 heterocycles.